The maximum absolute atomic E-state index is 10.7. The fraction of sp³-hybridized carbons (Fsp3) is 0.0833. The number of nitrogens with one attached hydrogen (secondary N) is 1. The zero-order valence-corrected chi connectivity index (χ0v) is 9.98. The van der Waals surface area contributed by atoms with Crippen LogP contribution in [0.1, 0.15) is 0 Å². The lowest BCUT2D eigenvalue weighted by molar-refractivity contribution is -0.384. The van der Waals surface area contributed by atoms with E-state index in [4.69, 9.17) is 11.6 Å². The monoisotopic (exact) mass is 264 g/mol. The topological polar surface area (TPSA) is 72.2 Å². The van der Waals surface area contributed by atoms with Crippen LogP contribution in [0.25, 0.3) is 10.8 Å². The summed E-state index contributed by atoms with van der Waals surface area (Å²) in [5.41, 5.74) is 0.754. The van der Waals surface area contributed by atoms with Crippen LogP contribution in [0.4, 0.5) is 11.4 Å². The number of nitro benzene ring substituents is 1. The van der Waals surface area contributed by atoms with E-state index in [1.807, 2.05) is 0 Å². The Bertz CT molecular complexity index is 628. The zero-order valence-electron chi connectivity index (χ0n) is 9.22. The van der Waals surface area contributed by atoms with Gasteiger partial charge in [0, 0.05) is 23.2 Å². The summed E-state index contributed by atoms with van der Waals surface area (Å²) in [4.78, 5) is 20.9. The van der Waals surface area contributed by atoms with Gasteiger partial charge in [0.25, 0.3) is 5.69 Å². The van der Waals surface area contributed by atoms with Gasteiger partial charge in [-0.15, -0.1) is 0 Å². The molecule has 0 unspecified atom stereocenters. The first-order valence-electron chi connectivity index (χ1n) is 5.17. The summed E-state index contributed by atoms with van der Waals surface area (Å²) in [7, 11) is 0. The van der Waals surface area contributed by atoms with Gasteiger partial charge in [-0.3, -0.25) is 14.9 Å². The number of rotatable bonds is 4. The van der Waals surface area contributed by atoms with Gasteiger partial charge in [-0.25, -0.2) is 0 Å². The number of nitrogens with zero attached hydrogens (tertiary/aromatic N) is 1. The van der Waals surface area contributed by atoms with Crippen LogP contribution in [0, 0.1) is 10.1 Å². The molecule has 2 aromatic rings. The predicted molar refractivity (Wildman–Crippen MR) is 70.0 cm³/mol. The SMILES string of the molecule is O=C(Cl)CNc1cccc2cc([N+](=O)[O-])ccc12. The van der Waals surface area contributed by atoms with Crippen LogP contribution in [0.3, 0.4) is 0 Å². The van der Waals surface area contributed by atoms with E-state index in [9.17, 15) is 14.9 Å². The molecule has 18 heavy (non-hydrogen) atoms. The van der Waals surface area contributed by atoms with Gasteiger partial charge in [-0.2, -0.15) is 0 Å². The second-order valence-electron chi connectivity index (χ2n) is 3.68. The maximum Gasteiger partial charge on any atom is 0.270 e. The third-order valence-electron chi connectivity index (χ3n) is 2.49. The van der Waals surface area contributed by atoms with Gasteiger partial charge in [0.05, 0.1) is 11.5 Å². The summed E-state index contributed by atoms with van der Waals surface area (Å²) in [6, 6.07) is 9.88. The molecule has 0 spiro atoms. The van der Waals surface area contributed by atoms with E-state index in [0.29, 0.717) is 0 Å². The summed E-state index contributed by atoms with van der Waals surface area (Å²) in [6.07, 6.45) is 0. The Hall–Kier alpha value is -2.14. The second kappa shape index (κ2) is 5.01. The quantitative estimate of drug-likeness (QED) is 0.523. The molecule has 92 valence electrons. The number of non-ortho nitro benzene ring substituents is 1. The van der Waals surface area contributed by atoms with Crippen LogP contribution in [0.2, 0.25) is 0 Å². The van der Waals surface area contributed by atoms with Crippen molar-refractivity contribution in [2.24, 2.45) is 0 Å². The molecular formula is C12H9ClN2O3. The van der Waals surface area contributed by atoms with E-state index >= 15 is 0 Å². The molecule has 0 atom stereocenters. The Morgan fingerprint density at radius 3 is 2.78 bits per heavy atom. The van der Waals surface area contributed by atoms with Crippen LogP contribution in [0.5, 0.6) is 0 Å². The van der Waals surface area contributed by atoms with Crippen molar-refractivity contribution >= 4 is 39.0 Å². The molecule has 1 N–H and O–H groups in total. The lowest BCUT2D eigenvalue weighted by Gasteiger charge is -2.07. The number of hydrogen-bond acceptors (Lipinski definition) is 4. The normalized spacial score (nSPS) is 10.3. The van der Waals surface area contributed by atoms with Crippen molar-refractivity contribution in [2.75, 3.05) is 11.9 Å². The van der Waals surface area contributed by atoms with Crippen LogP contribution in [-0.4, -0.2) is 16.7 Å². The molecule has 5 nitrogen and oxygen atoms in total. The minimum atomic E-state index is -0.492. The van der Waals surface area contributed by atoms with Crippen LogP contribution < -0.4 is 5.32 Å². The number of hydrogen-bond donors (Lipinski definition) is 1. The fourth-order valence-corrected chi connectivity index (χ4v) is 1.77. The summed E-state index contributed by atoms with van der Waals surface area (Å²) < 4.78 is 0. The summed E-state index contributed by atoms with van der Waals surface area (Å²) in [6.45, 7) is 0.0116. The van der Waals surface area contributed by atoms with Crippen molar-refractivity contribution in [1.82, 2.24) is 0 Å². The van der Waals surface area contributed by atoms with E-state index in [1.165, 1.54) is 12.1 Å². The highest BCUT2D eigenvalue weighted by Crippen LogP contribution is 2.26. The number of benzene rings is 2. The molecule has 0 aliphatic heterocycles. The molecule has 2 rings (SSSR count). The van der Waals surface area contributed by atoms with Gasteiger partial charge in [0.2, 0.25) is 5.24 Å². The number of carbonyl (C=O) groups excluding carboxylic acids is 1. The van der Waals surface area contributed by atoms with E-state index in [1.54, 1.807) is 24.3 Å². The van der Waals surface area contributed by atoms with Crippen molar-refractivity contribution < 1.29 is 9.72 Å². The predicted octanol–water partition coefficient (Wildman–Crippen LogP) is 2.93. The van der Waals surface area contributed by atoms with Crippen LogP contribution in [0.15, 0.2) is 36.4 Å². The number of halogens is 1. The molecule has 0 saturated heterocycles. The standard InChI is InChI=1S/C12H9ClN2O3/c13-12(16)7-14-11-3-1-2-8-6-9(15(17)18)4-5-10(8)11/h1-6,14H,7H2. The smallest absolute Gasteiger partial charge is 0.270 e. The molecule has 0 saturated carbocycles. The summed E-state index contributed by atoms with van der Waals surface area (Å²) in [5.74, 6) is 0. The van der Waals surface area contributed by atoms with E-state index in [0.717, 1.165) is 16.5 Å². The molecule has 2 aromatic carbocycles. The second-order valence-corrected chi connectivity index (χ2v) is 4.10. The average Bonchev–Trinajstić information content (AvgIpc) is 2.35. The first kappa shape index (κ1) is 12.3. The molecule has 0 radical (unpaired) electrons. The lowest BCUT2D eigenvalue weighted by atomic mass is 10.1. The Morgan fingerprint density at radius 2 is 2.11 bits per heavy atom. The van der Waals surface area contributed by atoms with Gasteiger partial charge < -0.3 is 5.32 Å². The molecule has 0 fully saturated rings. The van der Waals surface area contributed by atoms with E-state index < -0.39 is 10.2 Å². The third-order valence-corrected chi connectivity index (χ3v) is 2.63. The molecule has 0 aromatic heterocycles. The van der Waals surface area contributed by atoms with E-state index in [2.05, 4.69) is 5.32 Å². The molecular weight excluding hydrogens is 256 g/mol. The van der Waals surface area contributed by atoms with Gasteiger partial charge in [0.15, 0.2) is 0 Å². The fourth-order valence-electron chi connectivity index (χ4n) is 1.70. The van der Waals surface area contributed by atoms with Gasteiger partial charge in [-0.1, -0.05) is 12.1 Å². The van der Waals surface area contributed by atoms with Crippen molar-refractivity contribution in [1.29, 1.82) is 0 Å². The van der Waals surface area contributed by atoms with Gasteiger partial charge in [-0.05, 0) is 29.1 Å². The highest BCUT2D eigenvalue weighted by molar-refractivity contribution is 6.64. The lowest BCUT2D eigenvalue weighted by Crippen LogP contribution is -2.08. The van der Waals surface area contributed by atoms with Gasteiger partial charge in [0.1, 0.15) is 0 Å². The van der Waals surface area contributed by atoms with Crippen LogP contribution in [-0.2, 0) is 4.79 Å². The highest BCUT2D eigenvalue weighted by atomic mass is 35.5. The molecule has 6 heteroatoms. The number of fused-ring (bicyclic) bond motifs is 1. The molecule has 0 heterocycles. The molecule has 0 aliphatic carbocycles. The first-order valence-corrected chi connectivity index (χ1v) is 5.55. The van der Waals surface area contributed by atoms with Crippen molar-refractivity contribution in [3.05, 3.63) is 46.5 Å². The van der Waals surface area contributed by atoms with Crippen molar-refractivity contribution in [2.45, 2.75) is 0 Å². The molecule has 0 bridgehead atoms. The number of carbonyl (C=O) groups is 1. The third kappa shape index (κ3) is 2.57. The zero-order chi connectivity index (χ0) is 13.1. The Kier molecular flexibility index (Phi) is 3.43. The minimum Gasteiger partial charge on any atom is -0.376 e. The summed E-state index contributed by atoms with van der Waals surface area (Å²) >= 11 is 5.25. The first-order chi connectivity index (χ1) is 8.58. The molecule has 0 aliphatic rings. The molecule has 0 amide bonds. The van der Waals surface area contributed by atoms with Crippen LogP contribution >= 0.6 is 11.6 Å². The van der Waals surface area contributed by atoms with Crippen molar-refractivity contribution in [3.8, 4) is 0 Å². The Morgan fingerprint density at radius 1 is 1.33 bits per heavy atom. The van der Waals surface area contributed by atoms with E-state index in [-0.39, 0.29) is 12.2 Å². The average molecular weight is 265 g/mol. The Labute approximate surface area is 108 Å². The summed E-state index contributed by atoms with van der Waals surface area (Å²) in [5, 5.41) is 14.6. The van der Waals surface area contributed by atoms with Gasteiger partial charge >= 0.3 is 0 Å². The largest absolute Gasteiger partial charge is 0.376 e. The number of nitro groups is 1. The maximum atomic E-state index is 10.7. The minimum absolute atomic E-state index is 0.0116. The Balaban J connectivity index is 2.43. The number of anilines is 1. The highest BCUT2D eigenvalue weighted by Gasteiger charge is 2.08. The van der Waals surface area contributed by atoms with Crippen molar-refractivity contribution in [3.63, 3.8) is 0 Å².